The molecule has 3 N–H and O–H groups in total. The Morgan fingerprint density at radius 2 is 2.17 bits per heavy atom. The number of likely N-dealkylation sites (tertiary alicyclic amines) is 1. The van der Waals surface area contributed by atoms with Gasteiger partial charge in [-0.2, -0.15) is 10.2 Å². The summed E-state index contributed by atoms with van der Waals surface area (Å²) < 4.78 is 1.70. The lowest BCUT2D eigenvalue weighted by molar-refractivity contribution is -0.384. The van der Waals surface area contributed by atoms with Crippen molar-refractivity contribution in [3.8, 4) is 0 Å². The molecule has 186 valence electrons. The molecule has 4 aromatic rings. The highest BCUT2D eigenvalue weighted by Crippen LogP contribution is 2.32. The highest BCUT2D eigenvalue weighted by molar-refractivity contribution is 5.95. The van der Waals surface area contributed by atoms with E-state index < -0.39 is 4.92 Å². The van der Waals surface area contributed by atoms with Crippen LogP contribution in [0.3, 0.4) is 0 Å². The van der Waals surface area contributed by atoms with Crippen molar-refractivity contribution in [1.82, 2.24) is 34.8 Å². The number of nitro benzene ring substituents is 1. The van der Waals surface area contributed by atoms with Crippen LogP contribution in [0.25, 0.3) is 11.0 Å². The molecule has 0 saturated carbocycles. The number of non-ortho nitro benzene ring substituents is 1. The number of carbonyl (C=O) groups is 2. The number of amides is 2. The molecule has 1 saturated heterocycles. The van der Waals surface area contributed by atoms with Gasteiger partial charge in [0.1, 0.15) is 0 Å². The molecule has 5 rings (SSSR count). The molecule has 0 aliphatic carbocycles. The first-order chi connectivity index (χ1) is 17.4. The number of anilines is 1. The smallest absolute Gasteiger partial charge is 0.290 e. The molecule has 1 aliphatic heterocycles. The first-order valence-corrected chi connectivity index (χ1v) is 11.7. The molecule has 1 aliphatic rings. The normalized spacial score (nSPS) is 16.7. The highest BCUT2D eigenvalue weighted by Gasteiger charge is 2.32. The third-order valence-electron chi connectivity index (χ3n) is 6.32. The molecule has 3 aromatic heterocycles. The molecule has 0 radical (unpaired) electrons. The maximum absolute atomic E-state index is 13.4. The van der Waals surface area contributed by atoms with Crippen molar-refractivity contribution >= 4 is 34.4 Å². The average molecular weight is 492 g/mol. The number of rotatable bonds is 7. The number of aromatic amines is 2. The molecule has 0 spiro atoms. The van der Waals surface area contributed by atoms with E-state index in [0.717, 1.165) is 19.3 Å². The van der Waals surface area contributed by atoms with Crippen LogP contribution in [-0.4, -0.2) is 58.1 Å². The van der Waals surface area contributed by atoms with Crippen molar-refractivity contribution in [1.29, 1.82) is 0 Å². The first-order valence-electron chi connectivity index (χ1n) is 11.7. The number of nitrogens with one attached hydrogen (secondary N) is 3. The number of fused-ring (bicyclic) bond motifs is 1. The Kier molecular flexibility index (Phi) is 6.19. The van der Waals surface area contributed by atoms with Crippen LogP contribution >= 0.6 is 0 Å². The Labute approximate surface area is 205 Å². The number of benzene rings is 1. The third kappa shape index (κ3) is 4.67. The molecule has 2 amide bonds. The van der Waals surface area contributed by atoms with E-state index in [4.69, 9.17) is 0 Å². The van der Waals surface area contributed by atoms with Crippen molar-refractivity contribution in [2.45, 2.75) is 38.8 Å². The second kappa shape index (κ2) is 9.60. The number of H-pyrrole nitrogens is 2. The van der Waals surface area contributed by atoms with Crippen LogP contribution in [0.5, 0.6) is 0 Å². The van der Waals surface area contributed by atoms with Gasteiger partial charge in [-0.1, -0.05) is 6.92 Å². The van der Waals surface area contributed by atoms with Crippen molar-refractivity contribution < 1.29 is 14.5 Å². The summed E-state index contributed by atoms with van der Waals surface area (Å²) in [5.74, 6) is -0.293. The summed E-state index contributed by atoms with van der Waals surface area (Å²) in [5, 5.41) is 25.2. The van der Waals surface area contributed by atoms with Crippen molar-refractivity contribution in [3.05, 3.63) is 64.4 Å². The van der Waals surface area contributed by atoms with Gasteiger partial charge in [0.05, 0.1) is 40.2 Å². The standard InChI is InChI=1S/C23H25N9O4/c1-14(13-30-9-4-8-24-30)22(33)27-20-12-18(28-29-20)19-5-2-3-10-31(19)23(34)21-25-16-7-6-15(32(35)36)11-17(16)26-21/h4,6-9,11-12,14,19H,2-3,5,10,13H2,1H3,(H,25,26)(H2,27,28,29,33). The van der Waals surface area contributed by atoms with E-state index in [1.807, 2.05) is 6.92 Å². The second-order valence-corrected chi connectivity index (χ2v) is 8.88. The quantitative estimate of drug-likeness (QED) is 0.264. The number of aromatic nitrogens is 6. The van der Waals surface area contributed by atoms with Gasteiger partial charge < -0.3 is 15.2 Å². The second-order valence-electron chi connectivity index (χ2n) is 8.88. The zero-order valence-electron chi connectivity index (χ0n) is 19.5. The molecular weight excluding hydrogens is 466 g/mol. The molecule has 0 bridgehead atoms. The Balaban J connectivity index is 1.30. The molecule has 2 atom stereocenters. The molecular formula is C23H25N9O4. The van der Waals surface area contributed by atoms with Gasteiger partial charge in [-0.05, 0) is 31.4 Å². The van der Waals surface area contributed by atoms with E-state index in [1.165, 1.54) is 18.2 Å². The lowest BCUT2D eigenvalue weighted by Crippen LogP contribution is -2.39. The summed E-state index contributed by atoms with van der Waals surface area (Å²) in [5.41, 5.74) is 1.54. The SMILES string of the molecule is CC(Cn1cccn1)C(=O)Nc1cc(C2CCCCN2C(=O)c2nc3ccc([N+](=O)[O-])cc3[nH]2)[nH]n1. The minimum absolute atomic E-state index is 0.0769. The van der Waals surface area contributed by atoms with E-state index in [1.54, 1.807) is 34.1 Å². The van der Waals surface area contributed by atoms with Crippen LogP contribution in [0.15, 0.2) is 42.7 Å². The molecule has 2 unspecified atom stereocenters. The van der Waals surface area contributed by atoms with Crippen molar-refractivity contribution in [3.63, 3.8) is 0 Å². The molecule has 13 nitrogen and oxygen atoms in total. The Hall–Kier alpha value is -4.55. The number of imidazole rings is 1. The maximum atomic E-state index is 13.4. The predicted molar refractivity (Wildman–Crippen MR) is 129 cm³/mol. The monoisotopic (exact) mass is 491 g/mol. The summed E-state index contributed by atoms with van der Waals surface area (Å²) in [6.45, 7) is 2.79. The Morgan fingerprint density at radius 3 is 2.94 bits per heavy atom. The average Bonchev–Trinajstić information content (AvgIpc) is 3.64. The summed E-state index contributed by atoms with van der Waals surface area (Å²) in [4.78, 5) is 45.6. The fraction of sp³-hybridized carbons (Fsp3) is 0.348. The van der Waals surface area contributed by atoms with Crippen molar-refractivity contribution in [2.24, 2.45) is 5.92 Å². The molecule has 1 fully saturated rings. The number of hydrogen-bond acceptors (Lipinski definition) is 7. The topological polar surface area (TPSA) is 168 Å². The molecule has 1 aromatic carbocycles. The van der Waals surface area contributed by atoms with E-state index in [2.05, 4.69) is 30.6 Å². The number of piperidine rings is 1. The summed E-state index contributed by atoms with van der Waals surface area (Å²) in [6.07, 6.45) is 5.97. The lowest BCUT2D eigenvalue weighted by Gasteiger charge is -2.34. The minimum Gasteiger partial charge on any atom is -0.334 e. The Morgan fingerprint density at radius 1 is 1.31 bits per heavy atom. The summed E-state index contributed by atoms with van der Waals surface area (Å²) in [6, 6.07) is 7.52. The number of nitro groups is 1. The summed E-state index contributed by atoms with van der Waals surface area (Å²) >= 11 is 0. The third-order valence-corrected chi connectivity index (χ3v) is 6.32. The predicted octanol–water partition coefficient (Wildman–Crippen LogP) is 3.03. The number of carbonyl (C=O) groups excluding carboxylic acids is 2. The van der Waals surface area contributed by atoms with Gasteiger partial charge in [-0.25, -0.2) is 4.98 Å². The van der Waals surface area contributed by atoms with Crippen LogP contribution in [0, 0.1) is 16.0 Å². The van der Waals surface area contributed by atoms with Gasteiger partial charge in [-0.15, -0.1) is 0 Å². The zero-order valence-corrected chi connectivity index (χ0v) is 19.5. The largest absolute Gasteiger partial charge is 0.334 e. The van der Waals surface area contributed by atoms with E-state index in [0.29, 0.717) is 35.6 Å². The van der Waals surface area contributed by atoms with E-state index >= 15 is 0 Å². The zero-order chi connectivity index (χ0) is 25.2. The Bertz CT molecular complexity index is 1410. The van der Waals surface area contributed by atoms with Gasteiger partial charge >= 0.3 is 0 Å². The molecule has 4 heterocycles. The lowest BCUT2D eigenvalue weighted by atomic mass is 9.99. The van der Waals surface area contributed by atoms with Gasteiger partial charge in [0.15, 0.2) is 11.6 Å². The van der Waals surface area contributed by atoms with Crippen LogP contribution in [0.4, 0.5) is 11.5 Å². The van der Waals surface area contributed by atoms with E-state index in [9.17, 15) is 19.7 Å². The van der Waals surface area contributed by atoms with Gasteiger partial charge in [-0.3, -0.25) is 29.5 Å². The number of hydrogen-bond donors (Lipinski definition) is 3. The van der Waals surface area contributed by atoms with Crippen LogP contribution in [0.2, 0.25) is 0 Å². The molecule has 36 heavy (non-hydrogen) atoms. The first kappa shape index (κ1) is 23.2. The fourth-order valence-electron chi connectivity index (χ4n) is 4.44. The molecule has 13 heteroatoms. The van der Waals surface area contributed by atoms with E-state index in [-0.39, 0.29) is 35.3 Å². The highest BCUT2D eigenvalue weighted by atomic mass is 16.6. The van der Waals surface area contributed by atoms with Gasteiger partial charge in [0.2, 0.25) is 5.91 Å². The van der Waals surface area contributed by atoms with Crippen LogP contribution in [0.1, 0.15) is 48.5 Å². The summed E-state index contributed by atoms with van der Waals surface area (Å²) in [7, 11) is 0. The van der Waals surface area contributed by atoms with Crippen LogP contribution in [-0.2, 0) is 11.3 Å². The number of nitrogens with zero attached hydrogens (tertiary/aromatic N) is 6. The minimum atomic E-state index is -0.491. The maximum Gasteiger partial charge on any atom is 0.290 e. The van der Waals surface area contributed by atoms with Crippen molar-refractivity contribution in [2.75, 3.05) is 11.9 Å². The van der Waals surface area contributed by atoms with Crippen LogP contribution < -0.4 is 5.32 Å². The fourth-order valence-corrected chi connectivity index (χ4v) is 4.44. The van der Waals surface area contributed by atoms with Gasteiger partial charge in [0, 0.05) is 37.1 Å². The van der Waals surface area contributed by atoms with Gasteiger partial charge in [0.25, 0.3) is 11.6 Å².